The van der Waals surface area contributed by atoms with Gasteiger partial charge in [0.25, 0.3) is 0 Å². The van der Waals surface area contributed by atoms with Crippen molar-refractivity contribution in [2.75, 3.05) is 0 Å². The van der Waals surface area contributed by atoms with Crippen LogP contribution < -0.4 is 0 Å². The molecule has 0 radical (unpaired) electrons. The maximum absolute atomic E-state index is 13.5. The van der Waals surface area contributed by atoms with Crippen molar-refractivity contribution in [2.24, 2.45) is 0 Å². The first-order chi connectivity index (χ1) is 8.56. The van der Waals surface area contributed by atoms with Gasteiger partial charge in [0.2, 0.25) is 0 Å². The van der Waals surface area contributed by atoms with Gasteiger partial charge in [-0.3, -0.25) is 9.78 Å². The summed E-state index contributed by atoms with van der Waals surface area (Å²) < 4.78 is 13.5. The Morgan fingerprint density at radius 3 is 2.44 bits per heavy atom. The lowest BCUT2D eigenvalue weighted by atomic mass is 10.0. The van der Waals surface area contributed by atoms with Crippen LogP contribution in [0.5, 0.6) is 0 Å². The van der Waals surface area contributed by atoms with Crippen molar-refractivity contribution < 1.29 is 9.18 Å². The van der Waals surface area contributed by atoms with Gasteiger partial charge in [0.1, 0.15) is 0 Å². The van der Waals surface area contributed by atoms with Crippen LogP contribution in [-0.2, 0) is 0 Å². The summed E-state index contributed by atoms with van der Waals surface area (Å²) in [6.07, 6.45) is 2.71. The first-order valence-corrected chi connectivity index (χ1v) is 5.92. The number of halogens is 4. The van der Waals surface area contributed by atoms with Crippen LogP contribution in [0.15, 0.2) is 24.5 Å². The molecule has 0 aliphatic carbocycles. The van der Waals surface area contributed by atoms with E-state index >= 15 is 0 Å². The van der Waals surface area contributed by atoms with Crippen molar-refractivity contribution in [3.8, 4) is 11.1 Å². The van der Waals surface area contributed by atoms with Gasteiger partial charge in [-0.15, -0.1) is 0 Å². The van der Waals surface area contributed by atoms with E-state index in [9.17, 15) is 9.18 Å². The van der Waals surface area contributed by atoms with E-state index in [4.69, 9.17) is 34.8 Å². The molecule has 1 heterocycles. The van der Waals surface area contributed by atoms with E-state index in [1.807, 2.05) is 0 Å². The van der Waals surface area contributed by atoms with Crippen LogP contribution in [0.4, 0.5) is 4.39 Å². The number of benzene rings is 1. The van der Waals surface area contributed by atoms with Gasteiger partial charge in [0.15, 0.2) is 12.1 Å². The lowest BCUT2D eigenvalue weighted by molar-refractivity contribution is 0.112. The summed E-state index contributed by atoms with van der Waals surface area (Å²) in [5.41, 5.74) is 0.555. The first-order valence-electron chi connectivity index (χ1n) is 4.78. The molecule has 0 aliphatic heterocycles. The minimum Gasteiger partial charge on any atom is -0.298 e. The topological polar surface area (TPSA) is 30.0 Å². The molecule has 0 saturated heterocycles. The summed E-state index contributed by atoms with van der Waals surface area (Å²) in [5, 5.41) is 0.582. The second-order valence-corrected chi connectivity index (χ2v) is 4.59. The maximum Gasteiger partial charge on any atom is 0.153 e. The highest BCUT2D eigenvalue weighted by molar-refractivity contribution is 6.49. The van der Waals surface area contributed by atoms with Gasteiger partial charge in [-0.05, 0) is 6.07 Å². The van der Waals surface area contributed by atoms with Gasteiger partial charge in [0, 0.05) is 17.3 Å². The molecule has 0 bridgehead atoms. The third-order valence-corrected chi connectivity index (χ3v) is 3.68. The fourth-order valence-electron chi connectivity index (χ4n) is 1.51. The molecule has 0 N–H and O–H groups in total. The van der Waals surface area contributed by atoms with Gasteiger partial charge >= 0.3 is 0 Å². The SMILES string of the molecule is O=Cc1c(F)cncc1-c1ccc(Cl)c(Cl)c1Cl. The number of pyridine rings is 1. The third kappa shape index (κ3) is 2.21. The maximum atomic E-state index is 13.5. The van der Waals surface area contributed by atoms with E-state index in [0.717, 1.165) is 6.20 Å². The zero-order valence-electron chi connectivity index (χ0n) is 8.75. The number of hydrogen-bond donors (Lipinski definition) is 0. The van der Waals surface area contributed by atoms with Crippen molar-refractivity contribution in [1.29, 1.82) is 0 Å². The van der Waals surface area contributed by atoms with Crippen LogP contribution in [0.1, 0.15) is 10.4 Å². The zero-order valence-corrected chi connectivity index (χ0v) is 11.0. The normalized spacial score (nSPS) is 10.4. The average Bonchev–Trinajstić information content (AvgIpc) is 2.36. The van der Waals surface area contributed by atoms with Crippen molar-refractivity contribution in [3.05, 3.63) is 51.0 Å². The van der Waals surface area contributed by atoms with Crippen LogP contribution in [0, 0.1) is 5.82 Å². The Labute approximate surface area is 117 Å². The number of hydrogen-bond acceptors (Lipinski definition) is 2. The number of nitrogens with zero attached hydrogens (tertiary/aromatic N) is 1. The van der Waals surface area contributed by atoms with Crippen LogP contribution in [0.3, 0.4) is 0 Å². The molecular weight excluding hydrogens is 299 g/mol. The van der Waals surface area contributed by atoms with E-state index in [0.29, 0.717) is 11.8 Å². The molecule has 0 aliphatic rings. The largest absolute Gasteiger partial charge is 0.298 e. The number of aromatic nitrogens is 1. The highest BCUT2D eigenvalue weighted by Gasteiger charge is 2.16. The summed E-state index contributed by atoms with van der Waals surface area (Å²) >= 11 is 17.7. The Bertz CT molecular complexity index is 631. The average molecular weight is 305 g/mol. The molecule has 0 unspecified atom stereocenters. The van der Waals surface area contributed by atoms with E-state index in [1.54, 1.807) is 6.07 Å². The van der Waals surface area contributed by atoms with Gasteiger partial charge in [-0.25, -0.2) is 4.39 Å². The lowest BCUT2D eigenvalue weighted by Crippen LogP contribution is -1.95. The monoisotopic (exact) mass is 303 g/mol. The van der Waals surface area contributed by atoms with Crippen LogP contribution in [0.25, 0.3) is 11.1 Å². The molecule has 92 valence electrons. The molecule has 18 heavy (non-hydrogen) atoms. The van der Waals surface area contributed by atoms with Gasteiger partial charge in [0.05, 0.1) is 26.8 Å². The van der Waals surface area contributed by atoms with Crippen molar-refractivity contribution in [1.82, 2.24) is 4.98 Å². The predicted octanol–water partition coefficient (Wildman–Crippen LogP) is 4.66. The third-order valence-electron chi connectivity index (χ3n) is 2.38. The molecule has 0 amide bonds. The van der Waals surface area contributed by atoms with Crippen LogP contribution in [0.2, 0.25) is 15.1 Å². The summed E-state index contributed by atoms with van der Waals surface area (Å²) in [4.78, 5) is 14.6. The van der Waals surface area contributed by atoms with E-state index in [2.05, 4.69) is 4.98 Å². The summed E-state index contributed by atoms with van der Waals surface area (Å²) in [5.74, 6) is -0.718. The smallest absolute Gasteiger partial charge is 0.153 e. The van der Waals surface area contributed by atoms with Crippen molar-refractivity contribution in [2.45, 2.75) is 0 Å². The van der Waals surface area contributed by atoms with Crippen molar-refractivity contribution >= 4 is 41.1 Å². The lowest BCUT2D eigenvalue weighted by Gasteiger charge is -2.09. The molecule has 0 saturated carbocycles. The first kappa shape index (κ1) is 13.3. The number of rotatable bonds is 2. The standard InChI is InChI=1S/C12H5Cl3FNO/c13-9-2-1-6(11(14)12(9)15)7-3-17-4-10(16)8(7)5-18/h1-5H. The Balaban J connectivity index is 2.74. The molecule has 2 aromatic rings. The molecule has 6 heteroatoms. The fourth-order valence-corrected chi connectivity index (χ4v) is 2.15. The molecule has 2 nitrogen and oxygen atoms in total. The summed E-state index contributed by atoms with van der Waals surface area (Å²) in [6.45, 7) is 0. The molecule has 0 fully saturated rings. The zero-order chi connectivity index (χ0) is 13.3. The highest BCUT2D eigenvalue weighted by atomic mass is 35.5. The number of carbonyl (C=O) groups is 1. The summed E-state index contributed by atoms with van der Waals surface area (Å²) in [7, 11) is 0. The predicted molar refractivity (Wildman–Crippen MR) is 70.0 cm³/mol. The van der Waals surface area contributed by atoms with Gasteiger partial charge in [-0.2, -0.15) is 0 Å². The van der Waals surface area contributed by atoms with Crippen LogP contribution >= 0.6 is 34.8 Å². The van der Waals surface area contributed by atoms with Gasteiger partial charge < -0.3 is 0 Å². The van der Waals surface area contributed by atoms with E-state index in [-0.39, 0.29) is 26.2 Å². The van der Waals surface area contributed by atoms with Crippen LogP contribution in [-0.4, -0.2) is 11.3 Å². The second-order valence-electron chi connectivity index (χ2n) is 3.42. The number of carbonyl (C=O) groups excluding carboxylic acids is 1. The minimum atomic E-state index is -0.718. The fraction of sp³-hybridized carbons (Fsp3) is 0. The Morgan fingerprint density at radius 1 is 1.06 bits per heavy atom. The molecular formula is C12H5Cl3FNO. The number of aldehydes is 1. The highest BCUT2D eigenvalue weighted by Crippen LogP contribution is 2.38. The Hall–Kier alpha value is -1.16. The molecule has 0 atom stereocenters. The van der Waals surface area contributed by atoms with Gasteiger partial charge in [-0.1, -0.05) is 40.9 Å². The Morgan fingerprint density at radius 2 is 1.78 bits per heavy atom. The molecule has 1 aromatic heterocycles. The quantitative estimate of drug-likeness (QED) is 0.596. The molecule has 1 aromatic carbocycles. The minimum absolute atomic E-state index is 0.120. The van der Waals surface area contributed by atoms with E-state index in [1.165, 1.54) is 12.3 Å². The summed E-state index contributed by atoms with van der Waals surface area (Å²) in [6, 6.07) is 3.07. The van der Waals surface area contributed by atoms with E-state index < -0.39 is 5.82 Å². The molecule has 0 spiro atoms. The second kappa shape index (κ2) is 5.22. The van der Waals surface area contributed by atoms with Crippen molar-refractivity contribution in [3.63, 3.8) is 0 Å². The molecule has 2 rings (SSSR count). The Kier molecular flexibility index (Phi) is 3.85.